The van der Waals surface area contributed by atoms with E-state index in [1.54, 1.807) is 0 Å². The summed E-state index contributed by atoms with van der Waals surface area (Å²) in [5, 5.41) is 11.1. The lowest BCUT2D eigenvalue weighted by Gasteiger charge is -2.25. The van der Waals surface area contributed by atoms with Crippen molar-refractivity contribution in [3.05, 3.63) is 71.8 Å². The molecule has 4 rings (SSSR count). The molecule has 1 heterocycles. The Hall–Kier alpha value is -2.94. The summed E-state index contributed by atoms with van der Waals surface area (Å²) in [6.07, 6.45) is 0. The fraction of sp³-hybridized carbons (Fsp3) is 0.308. The van der Waals surface area contributed by atoms with Crippen molar-refractivity contribution in [2.24, 2.45) is 0 Å². The minimum atomic E-state index is 0.0362. The third kappa shape index (κ3) is 3.82. The van der Waals surface area contributed by atoms with Gasteiger partial charge in [0, 0.05) is 11.1 Å². The van der Waals surface area contributed by atoms with Crippen LogP contribution in [0.4, 0.5) is 0 Å². The van der Waals surface area contributed by atoms with Crippen LogP contribution in [0, 0.1) is 0 Å². The van der Waals surface area contributed by atoms with Crippen molar-refractivity contribution in [1.82, 2.24) is 10.2 Å². The van der Waals surface area contributed by atoms with E-state index in [1.165, 1.54) is 11.1 Å². The number of nitrogens with zero attached hydrogens (tertiary/aromatic N) is 2. The molecule has 0 N–H and O–H groups in total. The van der Waals surface area contributed by atoms with Crippen LogP contribution in [0.2, 0.25) is 0 Å². The summed E-state index contributed by atoms with van der Waals surface area (Å²) >= 11 is 0. The van der Waals surface area contributed by atoms with Gasteiger partial charge in [0.05, 0.1) is 0 Å². The first-order chi connectivity index (χ1) is 13.6. The van der Waals surface area contributed by atoms with Gasteiger partial charge in [0.2, 0.25) is 11.8 Å². The lowest BCUT2D eigenvalue weighted by molar-refractivity contribution is 0.564. The van der Waals surface area contributed by atoms with Gasteiger partial charge in [0.15, 0.2) is 0 Å². The Morgan fingerprint density at radius 1 is 0.655 bits per heavy atom. The Bertz CT molecular complexity index is 1140. The first kappa shape index (κ1) is 19.4. The quantitative estimate of drug-likeness (QED) is 0.368. The average Bonchev–Trinajstić information content (AvgIpc) is 3.16. The van der Waals surface area contributed by atoms with Crippen LogP contribution in [0.15, 0.2) is 65.1 Å². The first-order valence-electron chi connectivity index (χ1n) is 10.1. The average molecular weight is 385 g/mol. The molecule has 0 atom stereocenters. The highest BCUT2D eigenvalue weighted by Gasteiger charge is 2.22. The van der Waals surface area contributed by atoms with Crippen LogP contribution >= 0.6 is 0 Å². The number of rotatable bonds is 2. The van der Waals surface area contributed by atoms with E-state index in [-0.39, 0.29) is 10.8 Å². The largest absolute Gasteiger partial charge is 0.416 e. The van der Waals surface area contributed by atoms with Crippen LogP contribution < -0.4 is 0 Å². The standard InChI is InChI=1S/C26H28N2O/c1-25(2,3)19-14-18(15-20(16-19)26(4,5)6)23-27-28-24(29-23)22-13-9-11-17-10-7-8-12-21(17)22/h7-16H,1-6H3. The molecule has 0 spiro atoms. The molecular formula is C26H28N2O. The lowest BCUT2D eigenvalue weighted by atomic mass is 9.79. The summed E-state index contributed by atoms with van der Waals surface area (Å²) in [5.41, 5.74) is 4.55. The molecule has 0 aliphatic carbocycles. The van der Waals surface area contributed by atoms with Crippen molar-refractivity contribution in [2.75, 3.05) is 0 Å². The lowest BCUT2D eigenvalue weighted by Crippen LogP contribution is -2.16. The van der Waals surface area contributed by atoms with Crippen LogP contribution in [0.25, 0.3) is 33.7 Å². The van der Waals surface area contributed by atoms with Crippen LogP contribution in [0.5, 0.6) is 0 Å². The highest BCUT2D eigenvalue weighted by Crippen LogP contribution is 2.35. The van der Waals surface area contributed by atoms with Gasteiger partial charge in [0.25, 0.3) is 0 Å². The smallest absolute Gasteiger partial charge is 0.248 e. The van der Waals surface area contributed by atoms with Crippen molar-refractivity contribution in [3.8, 4) is 22.9 Å². The van der Waals surface area contributed by atoms with E-state index in [0.717, 1.165) is 21.9 Å². The number of hydrogen-bond acceptors (Lipinski definition) is 3. The molecule has 0 saturated carbocycles. The van der Waals surface area contributed by atoms with Crippen molar-refractivity contribution < 1.29 is 4.42 Å². The molecular weight excluding hydrogens is 356 g/mol. The van der Waals surface area contributed by atoms with Crippen LogP contribution in [-0.2, 0) is 10.8 Å². The second kappa shape index (κ2) is 6.84. The number of hydrogen-bond donors (Lipinski definition) is 0. The maximum Gasteiger partial charge on any atom is 0.248 e. The molecule has 3 heteroatoms. The SMILES string of the molecule is CC(C)(C)c1cc(-c2nnc(-c3cccc4ccccc34)o2)cc(C(C)(C)C)c1. The maximum absolute atomic E-state index is 6.18. The molecule has 4 aromatic rings. The van der Waals surface area contributed by atoms with Gasteiger partial charge in [-0.2, -0.15) is 0 Å². The molecule has 29 heavy (non-hydrogen) atoms. The van der Waals surface area contributed by atoms with E-state index >= 15 is 0 Å². The molecule has 3 nitrogen and oxygen atoms in total. The molecule has 148 valence electrons. The molecule has 0 unspecified atom stereocenters. The molecule has 0 saturated heterocycles. The molecule has 0 bridgehead atoms. The highest BCUT2D eigenvalue weighted by atomic mass is 16.4. The topological polar surface area (TPSA) is 38.9 Å². The van der Waals surface area contributed by atoms with Gasteiger partial charge in [-0.1, -0.05) is 84.0 Å². The van der Waals surface area contributed by atoms with E-state index in [1.807, 2.05) is 24.3 Å². The van der Waals surface area contributed by atoms with E-state index in [2.05, 4.69) is 88.1 Å². The van der Waals surface area contributed by atoms with Gasteiger partial charge in [-0.05, 0) is 50.9 Å². The number of aromatic nitrogens is 2. The third-order valence-corrected chi connectivity index (χ3v) is 5.36. The van der Waals surface area contributed by atoms with Crippen molar-refractivity contribution in [3.63, 3.8) is 0 Å². The molecule has 1 aromatic heterocycles. The second-order valence-electron chi connectivity index (χ2n) is 9.74. The van der Waals surface area contributed by atoms with Gasteiger partial charge in [0.1, 0.15) is 0 Å². The summed E-state index contributed by atoms with van der Waals surface area (Å²) in [7, 11) is 0. The Kier molecular flexibility index (Phi) is 4.57. The second-order valence-corrected chi connectivity index (χ2v) is 9.74. The number of fused-ring (bicyclic) bond motifs is 1. The number of benzene rings is 3. The van der Waals surface area contributed by atoms with Gasteiger partial charge in [-0.3, -0.25) is 0 Å². The first-order valence-corrected chi connectivity index (χ1v) is 10.1. The molecule has 3 aromatic carbocycles. The predicted octanol–water partition coefficient (Wildman–Crippen LogP) is 7.15. The minimum absolute atomic E-state index is 0.0362. The highest BCUT2D eigenvalue weighted by molar-refractivity contribution is 5.94. The van der Waals surface area contributed by atoms with Gasteiger partial charge in [-0.15, -0.1) is 10.2 Å². The van der Waals surface area contributed by atoms with Gasteiger partial charge < -0.3 is 4.42 Å². The van der Waals surface area contributed by atoms with Crippen molar-refractivity contribution >= 4 is 10.8 Å². The van der Waals surface area contributed by atoms with E-state index < -0.39 is 0 Å². The molecule has 0 fully saturated rings. The van der Waals surface area contributed by atoms with Gasteiger partial charge >= 0.3 is 0 Å². The Morgan fingerprint density at radius 2 is 1.24 bits per heavy atom. The summed E-state index contributed by atoms with van der Waals surface area (Å²) < 4.78 is 6.18. The third-order valence-electron chi connectivity index (χ3n) is 5.36. The van der Waals surface area contributed by atoms with Crippen LogP contribution in [-0.4, -0.2) is 10.2 Å². The predicted molar refractivity (Wildman–Crippen MR) is 120 cm³/mol. The monoisotopic (exact) mass is 384 g/mol. The van der Waals surface area contributed by atoms with Crippen molar-refractivity contribution in [2.45, 2.75) is 52.4 Å². The van der Waals surface area contributed by atoms with Crippen LogP contribution in [0.1, 0.15) is 52.7 Å². The summed E-state index contributed by atoms with van der Waals surface area (Å²) in [6, 6.07) is 21.1. The zero-order chi connectivity index (χ0) is 20.8. The Balaban J connectivity index is 1.84. The molecule has 0 aliphatic heterocycles. The zero-order valence-corrected chi connectivity index (χ0v) is 18.1. The fourth-order valence-corrected chi connectivity index (χ4v) is 3.48. The molecule has 0 aliphatic rings. The molecule has 0 radical (unpaired) electrons. The summed E-state index contributed by atoms with van der Waals surface area (Å²) in [4.78, 5) is 0. The normalized spacial score (nSPS) is 12.5. The maximum atomic E-state index is 6.18. The molecule has 0 amide bonds. The van der Waals surface area contributed by atoms with E-state index in [0.29, 0.717) is 11.8 Å². The zero-order valence-electron chi connectivity index (χ0n) is 18.1. The summed E-state index contributed by atoms with van der Waals surface area (Å²) in [6.45, 7) is 13.4. The Labute approximate surface area is 172 Å². The van der Waals surface area contributed by atoms with E-state index in [4.69, 9.17) is 4.42 Å². The van der Waals surface area contributed by atoms with Crippen LogP contribution in [0.3, 0.4) is 0 Å². The Morgan fingerprint density at radius 3 is 1.90 bits per heavy atom. The van der Waals surface area contributed by atoms with Crippen molar-refractivity contribution in [1.29, 1.82) is 0 Å². The fourth-order valence-electron chi connectivity index (χ4n) is 3.48. The summed E-state index contributed by atoms with van der Waals surface area (Å²) in [5.74, 6) is 1.11. The van der Waals surface area contributed by atoms with Gasteiger partial charge in [-0.25, -0.2) is 0 Å². The minimum Gasteiger partial charge on any atom is -0.416 e. The van der Waals surface area contributed by atoms with E-state index in [9.17, 15) is 0 Å².